The standard InChI is InChI=1S/C21H19O2P/c1-23-21(22)18-14-12-17(13-15-18)16-24(19-8-4-2-5-9-19)20-10-6-3-7-11-20/h2-15H,16H2,1H3. The van der Waals surface area contributed by atoms with Crippen molar-refractivity contribution in [1.82, 2.24) is 0 Å². The van der Waals surface area contributed by atoms with Crippen LogP contribution in [0.1, 0.15) is 15.9 Å². The number of esters is 1. The molecule has 0 saturated heterocycles. The van der Waals surface area contributed by atoms with Crippen molar-refractivity contribution >= 4 is 24.5 Å². The third-order valence-electron chi connectivity index (χ3n) is 3.85. The van der Waals surface area contributed by atoms with E-state index in [1.807, 2.05) is 36.4 Å². The van der Waals surface area contributed by atoms with Crippen molar-refractivity contribution in [2.24, 2.45) is 0 Å². The highest BCUT2D eigenvalue weighted by atomic mass is 31.1. The van der Waals surface area contributed by atoms with Gasteiger partial charge in [0.1, 0.15) is 0 Å². The molecule has 3 aromatic rings. The lowest BCUT2D eigenvalue weighted by Crippen LogP contribution is -2.13. The van der Waals surface area contributed by atoms with E-state index in [1.54, 1.807) is 0 Å². The minimum absolute atomic E-state index is 0.296. The first-order chi connectivity index (χ1) is 11.8. The van der Waals surface area contributed by atoms with Crippen molar-refractivity contribution in [3.8, 4) is 0 Å². The summed E-state index contributed by atoms with van der Waals surface area (Å²) in [7, 11) is 0.931. The van der Waals surface area contributed by atoms with E-state index in [4.69, 9.17) is 4.74 Å². The molecule has 0 fully saturated rings. The molecule has 3 heteroatoms. The van der Waals surface area contributed by atoms with Crippen LogP contribution < -0.4 is 10.6 Å². The van der Waals surface area contributed by atoms with Gasteiger partial charge in [0.15, 0.2) is 0 Å². The maximum Gasteiger partial charge on any atom is 0.337 e. The molecule has 0 aromatic heterocycles. The maximum absolute atomic E-state index is 11.6. The minimum atomic E-state index is -0.472. The topological polar surface area (TPSA) is 26.3 Å². The average Bonchev–Trinajstić information content (AvgIpc) is 2.67. The first-order valence-corrected chi connectivity index (χ1v) is 9.35. The van der Waals surface area contributed by atoms with Crippen LogP contribution in [-0.4, -0.2) is 13.1 Å². The van der Waals surface area contributed by atoms with Crippen molar-refractivity contribution in [2.45, 2.75) is 6.16 Å². The van der Waals surface area contributed by atoms with Gasteiger partial charge < -0.3 is 4.74 Å². The van der Waals surface area contributed by atoms with Crippen molar-refractivity contribution < 1.29 is 9.53 Å². The van der Waals surface area contributed by atoms with Gasteiger partial charge in [0, 0.05) is 6.16 Å². The normalized spacial score (nSPS) is 10.6. The largest absolute Gasteiger partial charge is 0.465 e. The molecule has 0 aliphatic carbocycles. The Morgan fingerprint density at radius 1 is 0.792 bits per heavy atom. The zero-order valence-electron chi connectivity index (χ0n) is 13.6. The number of hydrogen-bond donors (Lipinski definition) is 0. The second-order valence-electron chi connectivity index (χ2n) is 5.45. The lowest BCUT2D eigenvalue weighted by molar-refractivity contribution is 0.0600. The Labute approximate surface area is 143 Å². The number of ether oxygens (including phenoxy) is 1. The maximum atomic E-state index is 11.6. The molecule has 3 rings (SSSR count). The molecular weight excluding hydrogens is 315 g/mol. The van der Waals surface area contributed by atoms with E-state index in [0.717, 1.165) is 6.16 Å². The summed E-state index contributed by atoms with van der Waals surface area (Å²) in [6, 6.07) is 29.0. The third kappa shape index (κ3) is 3.90. The summed E-state index contributed by atoms with van der Waals surface area (Å²) in [5.74, 6) is -0.296. The summed E-state index contributed by atoms with van der Waals surface area (Å²) in [5, 5.41) is 2.71. The molecule has 0 spiro atoms. The molecule has 3 aromatic carbocycles. The van der Waals surface area contributed by atoms with Crippen LogP contribution in [0, 0.1) is 0 Å². The van der Waals surface area contributed by atoms with Gasteiger partial charge >= 0.3 is 5.97 Å². The van der Waals surface area contributed by atoms with Crippen LogP contribution in [0.2, 0.25) is 0 Å². The van der Waals surface area contributed by atoms with Crippen LogP contribution in [0.4, 0.5) is 0 Å². The van der Waals surface area contributed by atoms with E-state index >= 15 is 0 Å². The van der Waals surface area contributed by atoms with Gasteiger partial charge in [-0.2, -0.15) is 0 Å². The fourth-order valence-electron chi connectivity index (χ4n) is 2.59. The SMILES string of the molecule is COC(=O)c1ccc(CP(c2ccccc2)c2ccccc2)cc1. The average molecular weight is 334 g/mol. The highest BCUT2D eigenvalue weighted by molar-refractivity contribution is 7.72. The Hall–Kier alpha value is -2.44. The fraction of sp³-hybridized carbons (Fsp3) is 0.0952. The lowest BCUT2D eigenvalue weighted by Gasteiger charge is -2.19. The fourth-order valence-corrected chi connectivity index (χ4v) is 4.90. The van der Waals surface area contributed by atoms with Gasteiger partial charge in [-0.1, -0.05) is 72.8 Å². The van der Waals surface area contributed by atoms with E-state index in [0.29, 0.717) is 5.56 Å². The van der Waals surface area contributed by atoms with E-state index in [9.17, 15) is 4.79 Å². The highest BCUT2D eigenvalue weighted by Gasteiger charge is 2.14. The number of carbonyl (C=O) groups excluding carboxylic acids is 1. The third-order valence-corrected chi connectivity index (χ3v) is 6.38. The minimum Gasteiger partial charge on any atom is -0.465 e. The van der Waals surface area contributed by atoms with E-state index in [2.05, 4.69) is 48.5 Å². The van der Waals surface area contributed by atoms with Gasteiger partial charge in [0.25, 0.3) is 0 Å². The molecule has 120 valence electrons. The number of carbonyl (C=O) groups is 1. The molecule has 0 radical (unpaired) electrons. The predicted molar refractivity (Wildman–Crippen MR) is 101 cm³/mol. The molecule has 0 saturated carbocycles. The molecule has 2 nitrogen and oxygen atoms in total. The van der Waals surface area contributed by atoms with Gasteiger partial charge in [-0.05, 0) is 36.2 Å². The van der Waals surface area contributed by atoms with Crippen molar-refractivity contribution in [3.05, 3.63) is 96.1 Å². The summed E-state index contributed by atoms with van der Waals surface area (Å²) in [5.41, 5.74) is 1.81. The number of hydrogen-bond acceptors (Lipinski definition) is 2. The quantitative estimate of drug-likeness (QED) is 0.518. The number of rotatable bonds is 5. The van der Waals surface area contributed by atoms with Crippen molar-refractivity contribution in [3.63, 3.8) is 0 Å². The van der Waals surface area contributed by atoms with Crippen LogP contribution in [0.25, 0.3) is 0 Å². The monoisotopic (exact) mass is 334 g/mol. The summed E-state index contributed by atoms with van der Waals surface area (Å²) in [6.45, 7) is 0. The number of methoxy groups -OCH3 is 1. The van der Waals surface area contributed by atoms with Gasteiger partial charge in [-0.25, -0.2) is 4.79 Å². The Morgan fingerprint density at radius 3 is 1.75 bits per heavy atom. The second-order valence-corrected chi connectivity index (χ2v) is 7.65. The first-order valence-electron chi connectivity index (χ1n) is 7.83. The summed E-state index contributed by atoms with van der Waals surface area (Å²) in [6.07, 6.45) is 0.949. The predicted octanol–water partition coefficient (Wildman–Crippen LogP) is 4.11. The molecule has 0 bridgehead atoms. The molecule has 0 N–H and O–H groups in total. The zero-order chi connectivity index (χ0) is 16.8. The van der Waals surface area contributed by atoms with Gasteiger partial charge in [-0.15, -0.1) is 0 Å². The van der Waals surface area contributed by atoms with Gasteiger partial charge in [-0.3, -0.25) is 0 Å². The zero-order valence-corrected chi connectivity index (χ0v) is 14.4. The summed E-state index contributed by atoms with van der Waals surface area (Å²) < 4.78 is 4.76. The number of benzene rings is 3. The van der Waals surface area contributed by atoms with Crippen molar-refractivity contribution in [2.75, 3.05) is 7.11 Å². The van der Waals surface area contributed by atoms with Crippen LogP contribution in [0.15, 0.2) is 84.9 Å². The van der Waals surface area contributed by atoms with E-state index in [-0.39, 0.29) is 5.97 Å². The Balaban J connectivity index is 1.89. The van der Waals surface area contributed by atoms with E-state index in [1.165, 1.54) is 23.3 Å². The van der Waals surface area contributed by atoms with Gasteiger partial charge in [0.2, 0.25) is 0 Å². The van der Waals surface area contributed by atoms with Crippen molar-refractivity contribution in [1.29, 1.82) is 0 Å². The van der Waals surface area contributed by atoms with Crippen LogP contribution >= 0.6 is 7.92 Å². The lowest BCUT2D eigenvalue weighted by atomic mass is 10.1. The second kappa shape index (κ2) is 7.90. The van der Waals surface area contributed by atoms with E-state index < -0.39 is 7.92 Å². The van der Waals surface area contributed by atoms with Crippen LogP contribution in [-0.2, 0) is 10.9 Å². The highest BCUT2D eigenvalue weighted by Crippen LogP contribution is 2.37. The Bertz CT molecular complexity index is 744. The first kappa shape index (κ1) is 16.4. The molecular formula is C21H19O2P. The molecule has 0 aliphatic heterocycles. The summed E-state index contributed by atoms with van der Waals surface area (Å²) >= 11 is 0. The molecule has 0 heterocycles. The van der Waals surface area contributed by atoms with Crippen LogP contribution in [0.5, 0.6) is 0 Å². The smallest absolute Gasteiger partial charge is 0.337 e. The Kier molecular flexibility index (Phi) is 5.40. The van der Waals surface area contributed by atoms with Gasteiger partial charge in [0.05, 0.1) is 12.7 Å². The molecule has 0 aliphatic rings. The van der Waals surface area contributed by atoms with Crippen LogP contribution in [0.3, 0.4) is 0 Å². The Morgan fingerprint density at radius 2 is 1.29 bits per heavy atom. The summed E-state index contributed by atoms with van der Waals surface area (Å²) in [4.78, 5) is 11.6. The molecule has 0 unspecified atom stereocenters. The molecule has 0 atom stereocenters. The molecule has 24 heavy (non-hydrogen) atoms. The molecule has 0 amide bonds.